The Morgan fingerprint density at radius 3 is 2.70 bits per heavy atom. The normalized spacial score (nSPS) is 18.6. The van der Waals surface area contributed by atoms with Gasteiger partial charge in [0.25, 0.3) is 5.91 Å². The van der Waals surface area contributed by atoms with Gasteiger partial charge in [0, 0.05) is 37.8 Å². The number of urea groups is 1. The zero-order chi connectivity index (χ0) is 14.5. The molecule has 2 rings (SSSR count). The van der Waals surface area contributed by atoms with Crippen LogP contribution in [0.1, 0.15) is 22.8 Å². The maximum absolute atomic E-state index is 12.4. The monoisotopic (exact) mass is 276 g/mol. The van der Waals surface area contributed by atoms with Crippen LogP contribution in [0.15, 0.2) is 24.3 Å². The molecule has 1 heterocycles. The predicted octanol–water partition coefficient (Wildman–Crippen LogP) is 0.289. The minimum atomic E-state index is -0.556. The largest absolute Gasteiger partial charge is 0.352 e. The Morgan fingerprint density at radius 1 is 1.40 bits per heavy atom. The number of nitrogens with one attached hydrogen (secondary N) is 2. The first kappa shape index (κ1) is 14.3. The third-order valence-corrected chi connectivity index (χ3v) is 3.43. The van der Waals surface area contributed by atoms with E-state index in [2.05, 4.69) is 10.6 Å². The van der Waals surface area contributed by atoms with Gasteiger partial charge in [0.05, 0.1) is 0 Å². The zero-order valence-corrected chi connectivity index (χ0v) is 11.6. The third-order valence-electron chi connectivity index (χ3n) is 3.43. The quantitative estimate of drug-likeness (QED) is 0.741. The van der Waals surface area contributed by atoms with Crippen LogP contribution in [0.25, 0.3) is 0 Å². The number of piperazine rings is 1. The van der Waals surface area contributed by atoms with Crippen molar-refractivity contribution in [3.63, 3.8) is 0 Å². The summed E-state index contributed by atoms with van der Waals surface area (Å²) < 4.78 is 0. The smallest absolute Gasteiger partial charge is 0.312 e. The molecular formula is C14H20N4O2. The second-order valence-electron chi connectivity index (χ2n) is 4.97. The van der Waals surface area contributed by atoms with Crippen molar-refractivity contribution in [2.75, 3.05) is 19.6 Å². The molecule has 6 nitrogen and oxygen atoms in total. The first-order valence-electron chi connectivity index (χ1n) is 6.72. The Labute approximate surface area is 118 Å². The lowest BCUT2D eigenvalue weighted by molar-refractivity contribution is 0.0655. The lowest BCUT2D eigenvalue weighted by atomic mass is 10.1. The SMILES string of the molecule is C[C@@H]1CNCCN1C(=O)c1ccc(CNC(N)=O)cc1. The molecule has 6 heteroatoms. The number of nitrogens with two attached hydrogens (primary N) is 1. The summed E-state index contributed by atoms with van der Waals surface area (Å²) in [5.41, 5.74) is 6.59. The molecule has 1 fully saturated rings. The van der Waals surface area contributed by atoms with Gasteiger partial charge in [0.15, 0.2) is 0 Å². The summed E-state index contributed by atoms with van der Waals surface area (Å²) in [7, 11) is 0. The number of amides is 3. The van der Waals surface area contributed by atoms with E-state index >= 15 is 0 Å². The molecule has 108 valence electrons. The lowest BCUT2D eigenvalue weighted by Gasteiger charge is -2.34. The van der Waals surface area contributed by atoms with E-state index in [0.717, 1.165) is 25.2 Å². The van der Waals surface area contributed by atoms with Gasteiger partial charge in [0.2, 0.25) is 0 Å². The molecule has 0 aromatic heterocycles. The van der Waals surface area contributed by atoms with E-state index in [4.69, 9.17) is 5.73 Å². The molecule has 0 unspecified atom stereocenters. The van der Waals surface area contributed by atoms with Crippen molar-refractivity contribution in [2.45, 2.75) is 19.5 Å². The van der Waals surface area contributed by atoms with E-state index in [1.165, 1.54) is 0 Å². The Balaban J connectivity index is 2.01. The van der Waals surface area contributed by atoms with Gasteiger partial charge in [-0.2, -0.15) is 0 Å². The Kier molecular flexibility index (Phi) is 4.57. The van der Waals surface area contributed by atoms with Gasteiger partial charge in [-0.1, -0.05) is 12.1 Å². The van der Waals surface area contributed by atoms with E-state index in [1.54, 1.807) is 12.1 Å². The van der Waals surface area contributed by atoms with Crippen LogP contribution in [-0.4, -0.2) is 42.5 Å². The molecule has 1 atom stereocenters. The fourth-order valence-corrected chi connectivity index (χ4v) is 2.26. The Morgan fingerprint density at radius 2 is 2.10 bits per heavy atom. The molecule has 0 aliphatic carbocycles. The number of carbonyl (C=O) groups is 2. The van der Waals surface area contributed by atoms with E-state index in [1.807, 2.05) is 24.0 Å². The second kappa shape index (κ2) is 6.38. The number of nitrogens with zero attached hydrogens (tertiary/aromatic N) is 1. The predicted molar refractivity (Wildman–Crippen MR) is 76.2 cm³/mol. The van der Waals surface area contributed by atoms with E-state index in [9.17, 15) is 9.59 Å². The molecular weight excluding hydrogens is 256 g/mol. The molecule has 1 aliphatic heterocycles. The average Bonchev–Trinajstić information content (AvgIpc) is 2.45. The summed E-state index contributed by atoms with van der Waals surface area (Å²) in [6.45, 7) is 4.79. The second-order valence-corrected chi connectivity index (χ2v) is 4.97. The standard InChI is InChI=1S/C14H20N4O2/c1-10-8-16-6-7-18(10)13(19)12-4-2-11(3-5-12)9-17-14(15)20/h2-5,10,16H,6-9H2,1H3,(H3,15,17,20)/t10-/m1/s1. The highest BCUT2D eigenvalue weighted by atomic mass is 16.2. The molecule has 0 radical (unpaired) electrons. The van der Waals surface area contributed by atoms with Crippen molar-refractivity contribution in [3.8, 4) is 0 Å². The molecule has 20 heavy (non-hydrogen) atoms. The van der Waals surface area contributed by atoms with Gasteiger partial charge in [-0.05, 0) is 24.6 Å². The fraction of sp³-hybridized carbons (Fsp3) is 0.429. The molecule has 0 bridgehead atoms. The minimum Gasteiger partial charge on any atom is -0.352 e. The first-order valence-corrected chi connectivity index (χ1v) is 6.72. The molecule has 1 saturated heterocycles. The topological polar surface area (TPSA) is 87.5 Å². The summed E-state index contributed by atoms with van der Waals surface area (Å²) in [4.78, 5) is 24.9. The molecule has 1 aromatic rings. The van der Waals surface area contributed by atoms with Crippen LogP contribution in [0, 0.1) is 0 Å². The fourth-order valence-electron chi connectivity index (χ4n) is 2.26. The van der Waals surface area contributed by atoms with Crippen molar-refractivity contribution >= 4 is 11.9 Å². The lowest BCUT2D eigenvalue weighted by Crippen LogP contribution is -2.52. The molecule has 1 aromatic carbocycles. The number of carbonyl (C=O) groups excluding carboxylic acids is 2. The highest BCUT2D eigenvalue weighted by Gasteiger charge is 2.23. The van der Waals surface area contributed by atoms with Crippen molar-refractivity contribution in [3.05, 3.63) is 35.4 Å². The van der Waals surface area contributed by atoms with Gasteiger partial charge in [-0.25, -0.2) is 4.79 Å². The molecule has 1 aliphatic rings. The summed E-state index contributed by atoms with van der Waals surface area (Å²) >= 11 is 0. The van der Waals surface area contributed by atoms with Gasteiger partial charge in [-0.3, -0.25) is 4.79 Å². The van der Waals surface area contributed by atoms with Gasteiger partial charge < -0.3 is 21.3 Å². The highest BCUT2D eigenvalue weighted by molar-refractivity contribution is 5.94. The minimum absolute atomic E-state index is 0.0495. The average molecular weight is 276 g/mol. The van der Waals surface area contributed by atoms with Crippen LogP contribution in [0.2, 0.25) is 0 Å². The summed E-state index contributed by atoms with van der Waals surface area (Å²) in [6, 6.07) is 6.88. The van der Waals surface area contributed by atoms with Crippen molar-refractivity contribution in [2.24, 2.45) is 5.73 Å². The van der Waals surface area contributed by atoms with E-state index < -0.39 is 6.03 Å². The maximum Gasteiger partial charge on any atom is 0.312 e. The van der Waals surface area contributed by atoms with Crippen molar-refractivity contribution < 1.29 is 9.59 Å². The number of rotatable bonds is 3. The van der Waals surface area contributed by atoms with Crippen molar-refractivity contribution in [1.82, 2.24) is 15.5 Å². The summed E-state index contributed by atoms with van der Waals surface area (Å²) in [5.74, 6) is 0.0495. The first-order chi connectivity index (χ1) is 9.58. The Hall–Kier alpha value is -2.08. The summed E-state index contributed by atoms with van der Waals surface area (Å²) in [5, 5.41) is 5.78. The molecule has 0 saturated carbocycles. The third kappa shape index (κ3) is 3.48. The van der Waals surface area contributed by atoms with Crippen LogP contribution < -0.4 is 16.4 Å². The highest BCUT2D eigenvalue weighted by Crippen LogP contribution is 2.11. The molecule has 3 amide bonds. The van der Waals surface area contributed by atoms with E-state index in [0.29, 0.717) is 12.1 Å². The van der Waals surface area contributed by atoms with Crippen LogP contribution in [0.5, 0.6) is 0 Å². The zero-order valence-electron chi connectivity index (χ0n) is 11.6. The van der Waals surface area contributed by atoms with Gasteiger partial charge in [-0.15, -0.1) is 0 Å². The number of primary amides is 1. The Bertz CT molecular complexity index is 486. The van der Waals surface area contributed by atoms with Gasteiger partial charge in [0.1, 0.15) is 0 Å². The number of benzene rings is 1. The molecule has 4 N–H and O–H groups in total. The van der Waals surface area contributed by atoms with Crippen LogP contribution in [0.3, 0.4) is 0 Å². The van der Waals surface area contributed by atoms with Gasteiger partial charge >= 0.3 is 6.03 Å². The van der Waals surface area contributed by atoms with Crippen LogP contribution in [-0.2, 0) is 6.54 Å². The van der Waals surface area contributed by atoms with Crippen LogP contribution in [0.4, 0.5) is 4.79 Å². The van der Waals surface area contributed by atoms with Crippen LogP contribution >= 0.6 is 0 Å². The summed E-state index contributed by atoms with van der Waals surface area (Å²) in [6.07, 6.45) is 0. The number of hydrogen-bond acceptors (Lipinski definition) is 3. The van der Waals surface area contributed by atoms with E-state index in [-0.39, 0.29) is 11.9 Å². The molecule has 0 spiro atoms. The number of hydrogen-bond donors (Lipinski definition) is 3. The maximum atomic E-state index is 12.4. The van der Waals surface area contributed by atoms with Crippen molar-refractivity contribution in [1.29, 1.82) is 0 Å².